The summed E-state index contributed by atoms with van der Waals surface area (Å²) in [5.41, 5.74) is -0.453. The second-order valence-corrected chi connectivity index (χ2v) is 5.97. The van der Waals surface area contributed by atoms with Crippen LogP contribution in [0.25, 0.3) is 0 Å². The van der Waals surface area contributed by atoms with Crippen LogP contribution in [-0.2, 0) is 14.3 Å². The molecule has 10 heteroatoms. The minimum atomic E-state index is -1.73. The van der Waals surface area contributed by atoms with Gasteiger partial charge >= 0.3 is 5.97 Å². The molecule has 0 aliphatic rings. The molecule has 0 aliphatic heterocycles. The number of carbonyl (C=O) groups excluding carboxylic acids is 3. The van der Waals surface area contributed by atoms with Gasteiger partial charge in [-0.2, -0.15) is 0 Å². The molecule has 2 rings (SSSR count). The number of amides is 2. The monoisotopic (exact) mass is 424 g/mol. The van der Waals surface area contributed by atoms with Crippen molar-refractivity contribution < 1.29 is 37.0 Å². The number of hydrogen-bond acceptors (Lipinski definition) is 5. The standard InChI is InChI=1S/C20H19F3N2O5/c1-3-29-15-7-5-4-6-12(15)20(28)30-11(2)19(27)24-10-16(26)25-14-9-8-13(21)17(22)18(14)23/h4-9,11H,3,10H2,1-2H3,(H,24,27)(H,25,26). The summed E-state index contributed by atoms with van der Waals surface area (Å²) in [7, 11) is 0. The number of halogens is 3. The van der Waals surface area contributed by atoms with Gasteiger partial charge in [0.2, 0.25) is 5.91 Å². The highest BCUT2D eigenvalue weighted by atomic mass is 19.2. The van der Waals surface area contributed by atoms with Crippen LogP contribution in [0.5, 0.6) is 5.75 Å². The molecular weight excluding hydrogens is 405 g/mol. The fourth-order valence-corrected chi connectivity index (χ4v) is 2.32. The molecule has 0 heterocycles. The molecule has 160 valence electrons. The highest BCUT2D eigenvalue weighted by Gasteiger charge is 2.22. The van der Waals surface area contributed by atoms with Crippen molar-refractivity contribution in [3.05, 3.63) is 59.4 Å². The van der Waals surface area contributed by atoms with Gasteiger partial charge in [-0.05, 0) is 38.1 Å². The lowest BCUT2D eigenvalue weighted by Crippen LogP contribution is -2.40. The van der Waals surface area contributed by atoms with Crippen LogP contribution in [0.4, 0.5) is 18.9 Å². The summed E-state index contributed by atoms with van der Waals surface area (Å²) in [5, 5.41) is 4.20. The summed E-state index contributed by atoms with van der Waals surface area (Å²) in [6.07, 6.45) is -1.25. The van der Waals surface area contributed by atoms with E-state index in [1.807, 2.05) is 5.32 Å². The van der Waals surface area contributed by atoms with E-state index < -0.39 is 53.6 Å². The number of benzene rings is 2. The molecule has 30 heavy (non-hydrogen) atoms. The maximum absolute atomic E-state index is 13.6. The molecule has 1 atom stereocenters. The van der Waals surface area contributed by atoms with E-state index in [1.54, 1.807) is 25.1 Å². The first-order valence-electron chi connectivity index (χ1n) is 8.88. The van der Waals surface area contributed by atoms with E-state index in [0.29, 0.717) is 18.4 Å². The number of nitrogens with one attached hydrogen (secondary N) is 2. The lowest BCUT2D eigenvalue weighted by molar-refractivity contribution is -0.130. The van der Waals surface area contributed by atoms with Crippen molar-refractivity contribution in [2.75, 3.05) is 18.5 Å². The van der Waals surface area contributed by atoms with Gasteiger partial charge in [0.1, 0.15) is 11.3 Å². The Bertz CT molecular complexity index is 952. The predicted molar refractivity (Wildman–Crippen MR) is 100 cm³/mol. The van der Waals surface area contributed by atoms with Crippen LogP contribution < -0.4 is 15.4 Å². The molecule has 1 unspecified atom stereocenters. The van der Waals surface area contributed by atoms with E-state index in [-0.39, 0.29) is 5.56 Å². The number of rotatable bonds is 8. The van der Waals surface area contributed by atoms with Crippen molar-refractivity contribution in [1.82, 2.24) is 5.32 Å². The second kappa shape index (κ2) is 10.3. The first-order chi connectivity index (χ1) is 14.2. The molecule has 7 nitrogen and oxygen atoms in total. The fourth-order valence-electron chi connectivity index (χ4n) is 2.32. The van der Waals surface area contributed by atoms with Crippen molar-refractivity contribution in [3.8, 4) is 5.75 Å². The zero-order valence-electron chi connectivity index (χ0n) is 16.1. The Labute approximate surface area is 170 Å². The van der Waals surface area contributed by atoms with Crippen molar-refractivity contribution >= 4 is 23.5 Å². The molecule has 0 bridgehead atoms. The molecule has 0 fully saturated rings. The van der Waals surface area contributed by atoms with Crippen LogP contribution >= 0.6 is 0 Å². The Morgan fingerprint density at radius 1 is 1.03 bits per heavy atom. The summed E-state index contributed by atoms with van der Waals surface area (Å²) in [5.74, 6) is -6.89. The van der Waals surface area contributed by atoms with Crippen LogP contribution in [0.3, 0.4) is 0 Å². The maximum atomic E-state index is 13.6. The number of hydrogen-bond donors (Lipinski definition) is 2. The molecule has 0 saturated heterocycles. The lowest BCUT2D eigenvalue weighted by atomic mass is 10.2. The maximum Gasteiger partial charge on any atom is 0.342 e. The van der Waals surface area contributed by atoms with Crippen LogP contribution in [-0.4, -0.2) is 37.0 Å². The SMILES string of the molecule is CCOc1ccccc1C(=O)OC(C)C(=O)NCC(=O)Nc1ccc(F)c(F)c1F. The van der Waals surface area contributed by atoms with Crippen LogP contribution in [0, 0.1) is 17.5 Å². The number of para-hydroxylation sites is 1. The average molecular weight is 424 g/mol. The van der Waals surface area contributed by atoms with Crippen molar-refractivity contribution in [3.63, 3.8) is 0 Å². The Kier molecular flexibility index (Phi) is 7.79. The zero-order valence-corrected chi connectivity index (χ0v) is 16.1. The molecular formula is C20H19F3N2O5. The van der Waals surface area contributed by atoms with Gasteiger partial charge in [-0.15, -0.1) is 0 Å². The number of carbonyl (C=O) groups is 3. The molecule has 0 aliphatic carbocycles. The van der Waals surface area contributed by atoms with Gasteiger partial charge in [0.05, 0.1) is 18.8 Å². The normalized spacial score (nSPS) is 11.4. The van der Waals surface area contributed by atoms with E-state index in [2.05, 4.69) is 5.32 Å². The lowest BCUT2D eigenvalue weighted by Gasteiger charge is -2.15. The third-order valence-corrected chi connectivity index (χ3v) is 3.79. The second-order valence-electron chi connectivity index (χ2n) is 5.97. The third-order valence-electron chi connectivity index (χ3n) is 3.79. The Hall–Kier alpha value is -3.56. The molecule has 2 aromatic carbocycles. The Morgan fingerprint density at radius 2 is 1.73 bits per heavy atom. The fraction of sp³-hybridized carbons (Fsp3) is 0.250. The number of esters is 1. The van der Waals surface area contributed by atoms with Gasteiger partial charge in [-0.25, -0.2) is 18.0 Å². The Balaban J connectivity index is 1.89. The summed E-state index contributed by atoms with van der Waals surface area (Å²) in [6.45, 7) is 2.75. The number of ether oxygens (including phenoxy) is 2. The van der Waals surface area contributed by atoms with Gasteiger partial charge in [0, 0.05) is 0 Å². The van der Waals surface area contributed by atoms with Gasteiger partial charge < -0.3 is 20.1 Å². The highest BCUT2D eigenvalue weighted by molar-refractivity contribution is 5.97. The molecule has 0 radical (unpaired) electrons. The minimum absolute atomic E-state index is 0.130. The van der Waals surface area contributed by atoms with Crippen molar-refractivity contribution in [2.45, 2.75) is 20.0 Å². The molecule has 0 spiro atoms. The minimum Gasteiger partial charge on any atom is -0.493 e. The topological polar surface area (TPSA) is 93.7 Å². The first kappa shape index (κ1) is 22.7. The van der Waals surface area contributed by atoms with Gasteiger partial charge in [-0.1, -0.05) is 12.1 Å². The van der Waals surface area contributed by atoms with Gasteiger partial charge in [0.15, 0.2) is 23.6 Å². The van der Waals surface area contributed by atoms with E-state index in [9.17, 15) is 27.6 Å². The van der Waals surface area contributed by atoms with Gasteiger partial charge in [0.25, 0.3) is 5.91 Å². The first-order valence-corrected chi connectivity index (χ1v) is 8.88. The predicted octanol–water partition coefficient (Wildman–Crippen LogP) is 2.80. The average Bonchev–Trinajstić information content (AvgIpc) is 2.73. The summed E-state index contributed by atoms with van der Waals surface area (Å²) in [6, 6.07) is 7.81. The molecule has 2 aromatic rings. The van der Waals surface area contributed by atoms with E-state index in [0.717, 1.165) is 6.07 Å². The molecule has 2 amide bonds. The van der Waals surface area contributed by atoms with E-state index in [4.69, 9.17) is 9.47 Å². The number of anilines is 1. The van der Waals surface area contributed by atoms with Crippen LogP contribution in [0.1, 0.15) is 24.2 Å². The Morgan fingerprint density at radius 3 is 2.43 bits per heavy atom. The smallest absolute Gasteiger partial charge is 0.342 e. The molecule has 0 saturated carbocycles. The third kappa shape index (κ3) is 5.72. The largest absolute Gasteiger partial charge is 0.493 e. The van der Waals surface area contributed by atoms with Gasteiger partial charge in [-0.3, -0.25) is 9.59 Å². The zero-order chi connectivity index (χ0) is 22.3. The quantitative estimate of drug-likeness (QED) is 0.502. The molecule has 0 aromatic heterocycles. The van der Waals surface area contributed by atoms with E-state index in [1.165, 1.54) is 13.0 Å². The molecule has 2 N–H and O–H groups in total. The van der Waals surface area contributed by atoms with E-state index >= 15 is 0 Å². The highest BCUT2D eigenvalue weighted by Crippen LogP contribution is 2.20. The summed E-state index contributed by atoms with van der Waals surface area (Å²) < 4.78 is 50.0. The van der Waals surface area contributed by atoms with Crippen LogP contribution in [0.2, 0.25) is 0 Å². The summed E-state index contributed by atoms with van der Waals surface area (Å²) >= 11 is 0. The van der Waals surface area contributed by atoms with Crippen molar-refractivity contribution in [2.24, 2.45) is 0 Å². The van der Waals surface area contributed by atoms with Crippen LogP contribution in [0.15, 0.2) is 36.4 Å². The van der Waals surface area contributed by atoms with Crippen molar-refractivity contribution in [1.29, 1.82) is 0 Å². The summed E-state index contributed by atoms with van der Waals surface area (Å²) in [4.78, 5) is 36.1.